The summed E-state index contributed by atoms with van der Waals surface area (Å²) in [6.45, 7) is 1.64. The van der Waals surface area contributed by atoms with Gasteiger partial charge in [0, 0.05) is 29.8 Å². The van der Waals surface area contributed by atoms with E-state index >= 15 is 0 Å². The van der Waals surface area contributed by atoms with Crippen LogP contribution in [-0.4, -0.2) is 26.3 Å². The molecule has 0 aliphatic carbocycles. The normalized spacial score (nSPS) is 22.1. The highest BCUT2D eigenvalue weighted by Crippen LogP contribution is 2.30. The second-order valence-corrected chi connectivity index (χ2v) is 5.57. The topological polar surface area (TPSA) is 47.3 Å². The Kier molecular flexibility index (Phi) is 4.23. The van der Waals surface area contributed by atoms with Gasteiger partial charge in [0.05, 0.1) is 6.61 Å². The zero-order chi connectivity index (χ0) is 14.7. The number of nitrogens with one attached hydrogen (secondary N) is 1. The molecule has 0 bridgehead atoms. The van der Waals surface area contributed by atoms with Crippen molar-refractivity contribution in [2.24, 2.45) is 0 Å². The predicted molar refractivity (Wildman–Crippen MR) is 87.3 cm³/mol. The maximum absolute atomic E-state index is 6.05. The Morgan fingerprint density at radius 1 is 1.10 bits per heavy atom. The fraction of sp³-hybridized carbons (Fsp3) is 0.333. The van der Waals surface area contributed by atoms with Crippen LogP contribution in [0.2, 0.25) is 0 Å². The summed E-state index contributed by atoms with van der Waals surface area (Å²) >= 11 is 0. The van der Waals surface area contributed by atoms with Crippen LogP contribution in [0, 0.1) is 0 Å². The van der Waals surface area contributed by atoms with Crippen molar-refractivity contribution in [3.63, 3.8) is 0 Å². The van der Waals surface area contributed by atoms with Crippen molar-refractivity contribution in [3.05, 3.63) is 54.1 Å². The third-order valence-corrected chi connectivity index (χ3v) is 4.34. The van der Waals surface area contributed by atoms with Crippen LogP contribution < -0.4 is 11.1 Å². The van der Waals surface area contributed by atoms with E-state index in [-0.39, 0.29) is 0 Å². The maximum Gasteiger partial charge on any atom is 0.0549 e. The zero-order valence-electron chi connectivity index (χ0n) is 12.4. The molecule has 2 aromatic carbocycles. The molecule has 1 aliphatic heterocycles. The summed E-state index contributed by atoms with van der Waals surface area (Å²) in [5, 5.41) is 3.41. The fourth-order valence-corrected chi connectivity index (χ4v) is 3.08. The van der Waals surface area contributed by atoms with Crippen LogP contribution in [-0.2, 0) is 4.74 Å². The van der Waals surface area contributed by atoms with Crippen LogP contribution in [0.15, 0.2) is 48.5 Å². The molecule has 1 fully saturated rings. The van der Waals surface area contributed by atoms with E-state index in [1.807, 2.05) is 25.2 Å². The highest BCUT2D eigenvalue weighted by molar-refractivity contribution is 5.76. The van der Waals surface area contributed by atoms with Crippen molar-refractivity contribution in [2.45, 2.75) is 18.4 Å². The smallest absolute Gasteiger partial charge is 0.0549 e. The van der Waals surface area contributed by atoms with Crippen LogP contribution in [0.3, 0.4) is 0 Å². The van der Waals surface area contributed by atoms with Crippen molar-refractivity contribution >= 4 is 5.69 Å². The average Bonchev–Trinajstić information content (AvgIpc) is 2.55. The SMILES string of the molecule is CNC1CCOC[C@@H]1c1ccc(-c2ccccc2N)cc1. The Morgan fingerprint density at radius 2 is 1.86 bits per heavy atom. The average molecular weight is 282 g/mol. The molecular weight excluding hydrogens is 260 g/mol. The van der Waals surface area contributed by atoms with Crippen molar-refractivity contribution < 1.29 is 4.74 Å². The quantitative estimate of drug-likeness (QED) is 0.851. The van der Waals surface area contributed by atoms with Gasteiger partial charge in [-0.15, -0.1) is 0 Å². The second kappa shape index (κ2) is 6.29. The summed E-state index contributed by atoms with van der Waals surface area (Å²) in [5.41, 5.74) is 10.4. The number of ether oxygens (including phenoxy) is 1. The summed E-state index contributed by atoms with van der Waals surface area (Å²) < 4.78 is 5.64. The molecule has 0 aromatic heterocycles. The van der Waals surface area contributed by atoms with Crippen molar-refractivity contribution in [3.8, 4) is 11.1 Å². The van der Waals surface area contributed by atoms with Gasteiger partial charge in [0.25, 0.3) is 0 Å². The molecule has 21 heavy (non-hydrogen) atoms. The van der Waals surface area contributed by atoms with E-state index in [0.29, 0.717) is 12.0 Å². The zero-order valence-corrected chi connectivity index (χ0v) is 12.4. The fourth-order valence-electron chi connectivity index (χ4n) is 3.08. The molecule has 3 rings (SSSR count). The minimum absolute atomic E-state index is 0.422. The van der Waals surface area contributed by atoms with Gasteiger partial charge in [0.15, 0.2) is 0 Å². The van der Waals surface area contributed by atoms with E-state index in [4.69, 9.17) is 10.5 Å². The summed E-state index contributed by atoms with van der Waals surface area (Å²) in [4.78, 5) is 0. The highest BCUT2D eigenvalue weighted by atomic mass is 16.5. The van der Waals surface area contributed by atoms with Gasteiger partial charge in [0.2, 0.25) is 0 Å². The van der Waals surface area contributed by atoms with E-state index < -0.39 is 0 Å². The summed E-state index contributed by atoms with van der Waals surface area (Å²) in [6.07, 6.45) is 1.06. The van der Waals surface area contributed by atoms with Crippen LogP contribution in [0.5, 0.6) is 0 Å². The standard InChI is InChI=1S/C18H22N2O/c1-20-18-10-11-21-12-16(18)14-8-6-13(7-9-14)15-4-2-3-5-17(15)19/h2-9,16,18,20H,10-12,19H2,1H3/t16-,18?/m1/s1. The number of hydrogen-bond donors (Lipinski definition) is 2. The van der Waals surface area contributed by atoms with Gasteiger partial charge >= 0.3 is 0 Å². The molecule has 0 saturated carbocycles. The number of nitrogen functional groups attached to an aromatic ring is 1. The van der Waals surface area contributed by atoms with E-state index in [1.165, 1.54) is 5.56 Å². The predicted octanol–water partition coefficient (Wildman–Crippen LogP) is 3.03. The van der Waals surface area contributed by atoms with Crippen LogP contribution in [0.1, 0.15) is 17.9 Å². The van der Waals surface area contributed by atoms with Crippen LogP contribution in [0.25, 0.3) is 11.1 Å². The molecule has 1 aliphatic rings. The Morgan fingerprint density at radius 3 is 2.57 bits per heavy atom. The van der Waals surface area contributed by atoms with Crippen LogP contribution in [0.4, 0.5) is 5.69 Å². The summed E-state index contributed by atoms with van der Waals surface area (Å²) in [7, 11) is 2.03. The first kappa shape index (κ1) is 14.1. The Labute approximate surface area is 126 Å². The lowest BCUT2D eigenvalue weighted by Gasteiger charge is -2.31. The number of benzene rings is 2. The minimum Gasteiger partial charge on any atom is -0.398 e. The van der Waals surface area contributed by atoms with E-state index in [1.54, 1.807) is 0 Å². The molecule has 1 unspecified atom stereocenters. The molecule has 3 N–H and O–H groups in total. The molecule has 0 amide bonds. The lowest BCUT2D eigenvalue weighted by Crippen LogP contribution is -2.39. The maximum atomic E-state index is 6.05. The molecule has 0 spiro atoms. The van der Waals surface area contributed by atoms with Crippen molar-refractivity contribution in [2.75, 3.05) is 26.0 Å². The van der Waals surface area contributed by atoms with Gasteiger partial charge in [0.1, 0.15) is 0 Å². The summed E-state index contributed by atoms with van der Waals surface area (Å²) in [5.74, 6) is 0.422. The lowest BCUT2D eigenvalue weighted by atomic mass is 9.88. The highest BCUT2D eigenvalue weighted by Gasteiger charge is 2.25. The minimum atomic E-state index is 0.422. The number of rotatable bonds is 3. The molecule has 3 heteroatoms. The third kappa shape index (κ3) is 2.94. The number of hydrogen-bond acceptors (Lipinski definition) is 3. The molecule has 2 atom stereocenters. The molecule has 3 nitrogen and oxygen atoms in total. The monoisotopic (exact) mass is 282 g/mol. The molecule has 1 saturated heterocycles. The molecule has 0 radical (unpaired) electrons. The van der Waals surface area contributed by atoms with Gasteiger partial charge in [-0.1, -0.05) is 42.5 Å². The molecule has 110 valence electrons. The van der Waals surface area contributed by atoms with Gasteiger partial charge in [-0.3, -0.25) is 0 Å². The molecule has 1 heterocycles. The number of likely N-dealkylation sites (N-methyl/N-ethyl adjacent to an activating group) is 1. The van der Waals surface area contributed by atoms with Gasteiger partial charge < -0.3 is 15.8 Å². The van der Waals surface area contributed by atoms with E-state index in [0.717, 1.165) is 36.4 Å². The Bertz CT molecular complexity index is 594. The number of nitrogens with two attached hydrogens (primary N) is 1. The Hall–Kier alpha value is -1.84. The van der Waals surface area contributed by atoms with Crippen LogP contribution >= 0.6 is 0 Å². The number of para-hydroxylation sites is 1. The van der Waals surface area contributed by atoms with E-state index in [2.05, 4.69) is 35.6 Å². The first-order valence-electron chi connectivity index (χ1n) is 7.49. The van der Waals surface area contributed by atoms with Gasteiger partial charge in [-0.25, -0.2) is 0 Å². The van der Waals surface area contributed by atoms with Crippen molar-refractivity contribution in [1.82, 2.24) is 5.32 Å². The largest absolute Gasteiger partial charge is 0.398 e. The third-order valence-electron chi connectivity index (χ3n) is 4.34. The van der Waals surface area contributed by atoms with Gasteiger partial charge in [-0.05, 0) is 30.7 Å². The van der Waals surface area contributed by atoms with E-state index in [9.17, 15) is 0 Å². The van der Waals surface area contributed by atoms with Gasteiger partial charge in [-0.2, -0.15) is 0 Å². The second-order valence-electron chi connectivity index (χ2n) is 5.57. The van der Waals surface area contributed by atoms with Crippen molar-refractivity contribution in [1.29, 1.82) is 0 Å². The molecule has 2 aromatic rings. The lowest BCUT2D eigenvalue weighted by molar-refractivity contribution is 0.0618. The first-order valence-corrected chi connectivity index (χ1v) is 7.49. The number of anilines is 1. The molecular formula is C18H22N2O. The summed E-state index contributed by atoms with van der Waals surface area (Å²) in [6, 6.07) is 17.2. The first-order chi connectivity index (χ1) is 10.3. The Balaban J connectivity index is 1.85.